The SMILES string of the molecule is Cc1nn(C)c(Sc2ccc(Cl)cn2)c1C=O. The highest BCUT2D eigenvalue weighted by atomic mass is 35.5. The highest BCUT2D eigenvalue weighted by Gasteiger charge is 2.14. The van der Waals surface area contributed by atoms with E-state index in [0.717, 1.165) is 22.0 Å². The van der Waals surface area contributed by atoms with Crippen LogP contribution in [0.2, 0.25) is 5.02 Å². The molecule has 0 atom stereocenters. The number of nitrogens with zero attached hydrogens (tertiary/aromatic N) is 3. The Balaban J connectivity index is 2.35. The van der Waals surface area contributed by atoms with E-state index >= 15 is 0 Å². The van der Waals surface area contributed by atoms with E-state index in [4.69, 9.17) is 11.6 Å². The molecule has 0 saturated heterocycles. The van der Waals surface area contributed by atoms with Gasteiger partial charge in [0.05, 0.1) is 16.3 Å². The van der Waals surface area contributed by atoms with Gasteiger partial charge in [0.2, 0.25) is 0 Å². The van der Waals surface area contributed by atoms with Crippen molar-refractivity contribution in [2.45, 2.75) is 17.0 Å². The summed E-state index contributed by atoms with van der Waals surface area (Å²) >= 11 is 7.16. The van der Waals surface area contributed by atoms with E-state index in [1.807, 2.05) is 13.0 Å². The summed E-state index contributed by atoms with van der Waals surface area (Å²) in [5.41, 5.74) is 1.33. The molecule has 0 amide bonds. The Hall–Kier alpha value is -1.33. The van der Waals surface area contributed by atoms with Crippen molar-refractivity contribution >= 4 is 29.6 Å². The molecule has 88 valence electrons. The molecule has 0 saturated carbocycles. The topological polar surface area (TPSA) is 47.8 Å². The molecule has 0 aliphatic heterocycles. The standard InChI is InChI=1S/C11H10ClN3OS/c1-7-9(6-16)11(15(2)14-7)17-10-4-3-8(12)5-13-10/h3-6H,1-2H3. The number of aromatic nitrogens is 3. The van der Waals surface area contributed by atoms with Crippen molar-refractivity contribution < 1.29 is 4.79 Å². The maximum absolute atomic E-state index is 11.0. The fourth-order valence-electron chi connectivity index (χ4n) is 1.43. The van der Waals surface area contributed by atoms with Crippen molar-refractivity contribution in [2.24, 2.45) is 7.05 Å². The first-order valence-corrected chi connectivity index (χ1v) is 6.09. The van der Waals surface area contributed by atoms with Crippen LogP contribution in [-0.2, 0) is 7.05 Å². The average molecular weight is 268 g/mol. The molecular formula is C11H10ClN3OS. The highest BCUT2D eigenvalue weighted by molar-refractivity contribution is 7.99. The quantitative estimate of drug-likeness (QED) is 0.803. The van der Waals surface area contributed by atoms with Gasteiger partial charge in [-0.25, -0.2) is 4.98 Å². The number of aldehydes is 1. The molecular weight excluding hydrogens is 258 g/mol. The number of carbonyl (C=O) groups is 1. The van der Waals surface area contributed by atoms with Crippen LogP contribution in [0, 0.1) is 6.92 Å². The third-order valence-electron chi connectivity index (χ3n) is 2.23. The largest absolute Gasteiger partial charge is 0.298 e. The van der Waals surface area contributed by atoms with Crippen molar-refractivity contribution in [3.63, 3.8) is 0 Å². The van der Waals surface area contributed by atoms with Crippen molar-refractivity contribution in [1.29, 1.82) is 0 Å². The van der Waals surface area contributed by atoms with Crippen LogP contribution in [0.4, 0.5) is 0 Å². The fraction of sp³-hybridized carbons (Fsp3) is 0.182. The molecule has 0 fully saturated rings. The van der Waals surface area contributed by atoms with E-state index in [2.05, 4.69) is 10.1 Å². The van der Waals surface area contributed by atoms with Gasteiger partial charge in [0, 0.05) is 13.2 Å². The summed E-state index contributed by atoms with van der Waals surface area (Å²) in [5, 5.41) is 6.36. The molecule has 17 heavy (non-hydrogen) atoms. The Morgan fingerprint density at radius 2 is 2.24 bits per heavy atom. The second-order valence-corrected chi connectivity index (χ2v) is 4.91. The minimum atomic E-state index is 0.589. The summed E-state index contributed by atoms with van der Waals surface area (Å²) in [6, 6.07) is 3.57. The van der Waals surface area contributed by atoms with E-state index in [1.165, 1.54) is 11.8 Å². The van der Waals surface area contributed by atoms with Crippen LogP contribution in [0.3, 0.4) is 0 Å². The zero-order valence-electron chi connectivity index (χ0n) is 9.35. The molecule has 0 aromatic carbocycles. The lowest BCUT2D eigenvalue weighted by molar-refractivity contribution is 0.112. The van der Waals surface area contributed by atoms with Crippen molar-refractivity contribution in [3.8, 4) is 0 Å². The lowest BCUT2D eigenvalue weighted by Gasteiger charge is -2.02. The summed E-state index contributed by atoms with van der Waals surface area (Å²) in [4.78, 5) is 15.2. The monoisotopic (exact) mass is 267 g/mol. The predicted molar refractivity (Wildman–Crippen MR) is 66.7 cm³/mol. The van der Waals surface area contributed by atoms with E-state index in [-0.39, 0.29) is 0 Å². The van der Waals surface area contributed by atoms with Crippen molar-refractivity contribution in [3.05, 3.63) is 34.6 Å². The Kier molecular flexibility index (Phi) is 3.49. The second-order valence-electron chi connectivity index (χ2n) is 3.46. The van der Waals surface area contributed by atoms with Crippen LogP contribution in [-0.4, -0.2) is 21.1 Å². The number of halogens is 1. The Morgan fingerprint density at radius 3 is 2.82 bits per heavy atom. The van der Waals surface area contributed by atoms with Gasteiger partial charge in [-0.1, -0.05) is 11.6 Å². The van der Waals surface area contributed by atoms with E-state index in [9.17, 15) is 4.79 Å². The molecule has 0 N–H and O–H groups in total. The van der Waals surface area contributed by atoms with Gasteiger partial charge in [-0.2, -0.15) is 5.10 Å². The molecule has 0 aliphatic carbocycles. The summed E-state index contributed by atoms with van der Waals surface area (Å²) in [7, 11) is 1.80. The maximum atomic E-state index is 11.0. The Labute approximate surface area is 108 Å². The minimum absolute atomic E-state index is 0.589. The molecule has 2 heterocycles. The lowest BCUT2D eigenvalue weighted by Crippen LogP contribution is -1.93. The van der Waals surface area contributed by atoms with Gasteiger partial charge in [-0.05, 0) is 30.8 Å². The zero-order chi connectivity index (χ0) is 12.4. The predicted octanol–water partition coefficient (Wildman–Crippen LogP) is 2.74. The second kappa shape index (κ2) is 4.89. The fourth-order valence-corrected chi connectivity index (χ4v) is 2.46. The van der Waals surface area contributed by atoms with Gasteiger partial charge in [-0.3, -0.25) is 9.48 Å². The van der Waals surface area contributed by atoms with Crippen LogP contribution in [0.1, 0.15) is 16.1 Å². The first-order chi connectivity index (χ1) is 8.11. The molecule has 4 nitrogen and oxygen atoms in total. The number of hydrogen-bond acceptors (Lipinski definition) is 4. The van der Waals surface area contributed by atoms with Gasteiger partial charge >= 0.3 is 0 Å². The maximum Gasteiger partial charge on any atom is 0.154 e. The highest BCUT2D eigenvalue weighted by Crippen LogP contribution is 2.29. The number of hydrogen-bond donors (Lipinski definition) is 0. The summed E-state index contributed by atoms with van der Waals surface area (Å²) in [6.07, 6.45) is 2.40. The molecule has 0 spiro atoms. The third kappa shape index (κ3) is 2.50. The van der Waals surface area contributed by atoms with Crippen LogP contribution in [0.5, 0.6) is 0 Å². The van der Waals surface area contributed by atoms with Gasteiger partial charge in [0.1, 0.15) is 10.1 Å². The molecule has 2 aromatic rings. The first-order valence-electron chi connectivity index (χ1n) is 4.90. The van der Waals surface area contributed by atoms with Gasteiger partial charge in [0.25, 0.3) is 0 Å². The van der Waals surface area contributed by atoms with Crippen LogP contribution >= 0.6 is 23.4 Å². The minimum Gasteiger partial charge on any atom is -0.298 e. The molecule has 0 aliphatic rings. The van der Waals surface area contributed by atoms with Crippen molar-refractivity contribution in [1.82, 2.24) is 14.8 Å². The number of aryl methyl sites for hydroxylation is 2. The molecule has 2 rings (SSSR count). The smallest absolute Gasteiger partial charge is 0.154 e. The number of rotatable bonds is 3. The lowest BCUT2D eigenvalue weighted by atomic mass is 10.3. The van der Waals surface area contributed by atoms with Gasteiger partial charge in [-0.15, -0.1) is 0 Å². The van der Waals surface area contributed by atoms with E-state index in [0.29, 0.717) is 10.6 Å². The summed E-state index contributed by atoms with van der Waals surface area (Å²) in [6.45, 7) is 1.81. The van der Waals surface area contributed by atoms with Crippen LogP contribution in [0.15, 0.2) is 28.4 Å². The Bertz CT molecular complexity index is 551. The van der Waals surface area contributed by atoms with E-state index in [1.54, 1.807) is 24.0 Å². The molecule has 6 heteroatoms. The third-order valence-corrected chi connectivity index (χ3v) is 3.59. The summed E-state index contributed by atoms with van der Waals surface area (Å²) < 4.78 is 1.68. The van der Waals surface area contributed by atoms with E-state index < -0.39 is 0 Å². The van der Waals surface area contributed by atoms with Crippen LogP contribution in [0.25, 0.3) is 0 Å². The number of carbonyl (C=O) groups excluding carboxylic acids is 1. The van der Waals surface area contributed by atoms with Gasteiger partial charge < -0.3 is 0 Å². The summed E-state index contributed by atoms with van der Waals surface area (Å²) in [5.74, 6) is 0. The first kappa shape index (κ1) is 12.1. The Morgan fingerprint density at radius 1 is 1.47 bits per heavy atom. The average Bonchev–Trinajstić information content (AvgIpc) is 2.57. The van der Waals surface area contributed by atoms with Crippen molar-refractivity contribution in [2.75, 3.05) is 0 Å². The van der Waals surface area contributed by atoms with Crippen LogP contribution < -0.4 is 0 Å². The van der Waals surface area contributed by atoms with Gasteiger partial charge in [0.15, 0.2) is 6.29 Å². The molecule has 0 radical (unpaired) electrons. The normalized spacial score (nSPS) is 10.5. The zero-order valence-corrected chi connectivity index (χ0v) is 10.9. The number of pyridine rings is 1. The molecule has 0 unspecified atom stereocenters. The molecule has 2 aromatic heterocycles. The molecule has 0 bridgehead atoms.